The van der Waals surface area contributed by atoms with E-state index in [0.717, 1.165) is 31.2 Å². The average Bonchev–Trinajstić information content (AvgIpc) is 3.17. The highest BCUT2D eigenvalue weighted by Crippen LogP contribution is 2.33. The molecule has 1 aliphatic heterocycles. The summed E-state index contributed by atoms with van der Waals surface area (Å²) in [6.07, 6.45) is 4.06. The van der Waals surface area contributed by atoms with Crippen LogP contribution in [-0.4, -0.2) is 26.7 Å². The molecule has 1 heterocycles. The monoisotopic (exact) mass is 311 g/mol. The van der Waals surface area contributed by atoms with E-state index in [1.165, 1.54) is 0 Å². The quantitative estimate of drug-likeness (QED) is 0.593. The van der Waals surface area contributed by atoms with Gasteiger partial charge >= 0.3 is 0 Å². The molecule has 0 saturated carbocycles. The van der Waals surface area contributed by atoms with Crippen molar-refractivity contribution in [3.05, 3.63) is 29.8 Å². The van der Waals surface area contributed by atoms with Crippen LogP contribution in [0.2, 0.25) is 0 Å². The van der Waals surface area contributed by atoms with Gasteiger partial charge in [0.15, 0.2) is 0 Å². The number of aryl methyl sites for hydroxylation is 1. The van der Waals surface area contributed by atoms with Gasteiger partial charge < -0.3 is 4.74 Å². The SMILES string of the molecule is CCCCC[C@@H](NS(=O)(=O)c1ccc(C)cc1)[C@]1(C)CO1. The summed E-state index contributed by atoms with van der Waals surface area (Å²) >= 11 is 0. The number of unbranched alkanes of at least 4 members (excludes halogenated alkanes) is 2. The Morgan fingerprint density at radius 2 is 1.90 bits per heavy atom. The van der Waals surface area contributed by atoms with Crippen molar-refractivity contribution < 1.29 is 13.2 Å². The van der Waals surface area contributed by atoms with Crippen LogP contribution >= 0.6 is 0 Å². The van der Waals surface area contributed by atoms with Crippen molar-refractivity contribution in [2.75, 3.05) is 6.61 Å². The fourth-order valence-electron chi connectivity index (χ4n) is 2.38. The highest BCUT2D eigenvalue weighted by atomic mass is 32.2. The van der Waals surface area contributed by atoms with E-state index in [9.17, 15) is 8.42 Å². The standard InChI is InChI=1S/C16H25NO3S/c1-4-5-6-7-15(16(3)12-20-16)17-21(18,19)14-10-8-13(2)9-11-14/h8-11,15,17H,4-7,12H2,1-3H3/t15-,16+/m1/s1. The van der Waals surface area contributed by atoms with Crippen LogP contribution in [0, 0.1) is 6.92 Å². The van der Waals surface area contributed by atoms with Crippen molar-refractivity contribution in [2.24, 2.45) is 0 Å². The third kappa shape index (κ3) is 4.28. The molecule has 5 heteroatoms. The van der Waals surface area contributed by atoms with Crippen LogP contribution in [0.5, 0.6) is 0 Å². The minimum Gasteiger partial charge on any atom is -0.368 e. The van der Waals surface area contributed by atoms with Crippen LogP contribution < -0.4 is 4.72 Å². The molecule has 1 aliphatic rings. The first-order valence-electron chi connectivity index (χ1n) is 7.60. The predicted octanol–water partition coefficient (Wildman–Crippen LogP) is 3.01. The van der Waals surface area contributed by atoms with Crippen molar-refractivity contribution in [2.45, 2.75) is 63.0 Å². The Kier molecular flexibility index (Phi) is 5.07. The number of ether oxygens (including phenoxy) is 1. The molecule has 0 bridgehead atoms. The van der Waals surface area contributed by atoms with E-state index in [2.05, 4.69) is 11.6 Å². The first kappa shape index (κ1) is 16.5. The zero-order valence-electron chi connectivity index (χ0n) is 13.1. The van der Waals surface area contributed by atoms with E-state index in [4.69, 9.17) is 4.74 Å². The summed E-state index contributed by atoms with van der Waals surface area (Å²) in [6.45, 7) is 6.68. The van der Waals surface area contributed by atoms with Gasteiger partial charge in [-0.2, -0.15) is 0 Å². The second-order valence-electron chi connectivity index (χ2n) is 6.08. The zero-order valence-corrected chi connectivity index (χ0v) is 13.9. The van der Waals surface area contributed by atoms with Crippen LogP contribution in [-0.2, 0) is 14.8 Å². The third-order valence-electron chi connectivity index (χ3n) is 4.06. The molecule has 0 unspecified atom stereocenters. The van der Waals surface area contributed by atoms with Crippen molar-refractivity contribution in [3.63, 3.8) is 0 Å². The molecule has 0 aromatic heterocycles. The summed E-state index contributed by atoms with van der Waals surface area (Å²) in [5.41, 5.74) is 0.705. The molecule has 1 N–H and O–H groups in total. The van der Waals surface area contributed by atoms with E-state index in [1.54, 1.807) is 12.1 Å². The van der Waals surface area contributed by atoms with Gasteiger partial charge in [-0.15, -0.1) is 0 Å². The maximum Gasteiger partial charge on any atom is 0.240 e. The van der Waals surface area contributed by atoms with E-state index in [-0.39, 0.29) is 11.6 Å². The molecule has 118 valence electrons. The normalized spacial score (nSPS) is 23.0. The van der Waals surface area contributed by atoms with Gasteiger partial charge in [0.2, 0.25) is 10.0 Å². The van der Waals surface area contributed by atoms with Crippen molar-refractivity contribution in [1.29, 1.82) is 0 Å². The minimum atomic E-state index is -3.49. The first-order chi connectivity index (χ1) is 9.87. The molecule has 0 spiro atoms. The van der Waals surface area contributed by atoms with Crippen LogP contribution in [0.3, 0.4) is 0 Å². The van der Waals surface area contributed by atoms with Gasteiger partial charge in [-0.05, 0) is 32.4 Å². The average molecular weight is 311 g/mol. The Labute approximate surface area is 127 Å². The van der Waals surface area contributed by atoms with E-state index >= 15 is 0 Å². The molecule has 1 fully saturated rings. The van der Waals surface area contributed by atoms with Gasteiger partial charge in [0.1, 0.15) is 5.60 Å². The van der Waals surface area contributed by atoms with E-state index in [0.29, 0.717) is 11.5 Å². The van der Waals surface area contributed by atoms with Gasteiger partial charge in [-0.25, -0.2) is 13.1 Å². The Hall–Kier alpha value is -0.910. The van der Waals surface area contributed by atoms with Crippen molar-refractivity contribution in [1.82, 2.24) is 4.72 Å². The Bertz CT molecular complexity index is 562. The van der Waals surface area contributed by atoms with E-state index in [1.807, 2.05) is 26.0 Å². The second-order valence-corrected chi connectivity index (χ2v) is 7.80. The third-order valence-corrected chi connectivity index (χ3v) is 5.55. The molecule has 1 aromatic rings. The molecule has 2 atom stereocenters. The number of epoxide rings is 1. The predicted molar refractivity (Wildman–Crippen MR) is 83.8 cm³/mol. The summed E-state index contributed by atoms with van der Waals surface area (Å²) in [4.78, 5) is 0.317. The Balaban J connectivity index is 2.09. The maximum absolute atomic E-state index is 12.5. The first-order valence-corrected chi connectivity index (χ1v) is 9.09. The molecule has 21 heavy (non-hydrogen) atoms. The molecule has 1 aromatic carbocycles. The summed E-state index contributed by atoms with van der Waals surface area (Å²) in [6, 6.07) is 6.77. The highest BCUT2D eigenvalue weighted by molar-refractivity contribution is 7.89. The maximum atomic E-state index is 12.5. The van der Waals surface area contributed by atoms with Crippen molar-refractivity contribution >= 4 is 10.0 Å². The summed E-state index contributed by atoms with van der Waals surface area (Å²) in [7, 11) is -3.49. The smallest absolute Gasteiger partial charge is 0.240 e. The fourth-order valence-corrected chi connectivity index (χ4v) is 3.75. The molecule has 4 nitrogen and oxygen atoms in total. The van der Waals surface area contributed by atoms with Gasteiger partial charge in [0.25, 0.3) is 0 Å². The molecule has 0 amide bonds. The fraction of sp³-hybridized carbons (Fsp3) is 0.625. The molecule has 0 aliphatic carbocycles. The highest BCUT2D eigenvalue weighted by Gasteiger charge is 2.48. The van der Waals surface area contributed by atoms with Crippen LogP contribution in [0.25, 0.3) is 0 Å². The lowest BCUT2D eigenvalue weighted by Crippen LogP contribution is -2.44. The Morgan fingerprint density at radius 3 is 2.43 bits per heavy atom. The number of hydrogen-bond acceptors (Lipinski definition) is 3. The zero-order chi connectivity index (χ0) is 15.5. The van der Waals surface area contributed by atoms with Gasteiger partial charge in [-0.1, -0.05) is 43.9 Å². The Morgan fingerprint density at radius 1 is 1.29 bits per heavy atom. The number of rotatable bonds is 8. The largest absolute Gasteiger partial charge is 0.368 e. The number of sulfonamides is 1. The lowest BCUT2D eigenvalue weighted by atomic mass is 9.98. The summed E-state index contributed by atoms with van der Waals surface area (Å²) in [5, 5.41) is 0. The lowest BCUT2D eigenvalue weighted by Gasteiger charge is -2.22. The van der Waals surface area contributed by atoms with Crippen molar-refractivity contribution in [3.8, 4) is 0 Å². The van der Waals surface area contributed by atoms with Gasteiger partial charge in [0, 0.05) is 0 Å². The van der Waals surface area contributed by atoms with Gasteiger partial charge in [-0.3, -0.25) is 0 Å². The molecule has 2 rings (SSSR count). The minimum absolute atomic E-state index is 0.157. The lowest BCUT2D eigenvalue weighted by molar-refractivity contribution is 0.259. The topological polar surface area (TPSA) is 58.7 Å². The number of nitrogens with one attached hydrogen (secondary N) is 1. The molecule has 0 radical (unpaired) electrons. The summed E-state index contributed by atoms with van der Waals surface area (Å²) in [5.74, 6) is 0. The van der Waals surface area contributed by atoms with Crippen LogP contribution in [0.4, 0.5) is 0 Å². The van der Waals surface area contributed by atoms with Crippen LogP contribution in [0.1, 0.15) is 45.1 Å². The molecular formula is C16H25NO3S. The number of benzene rings is 1. The van der Waals surface area contributed by atoms with Gasteiger partial charge in [0.05, 0.1) is 17.5 Å². The van der Waals surface area contributed by atoms with Crippen LogP contribution in [0.15, 0.2) is 29.2 Å². The second kappa shape index (κ2) is 6.46. The molecular weight excluding hydrogens is 286 g/mol. The number of hydrogen-bond donors (Lipinski definition) is 1. The molecule has 1 saturated heterocycles. The summed E-state index contributed by atoms with van der Waals surface area (Å²) < 4.78 is 33.3. The van der Waals surface area contributed by atoms with E-state index < -0.39 is 10.0 Å².